The molecule has 0 aliphatic carbocycles. The Morgan fingerprint density at radius 2 is 1.82 bits per heavy atom. The lowest BCUT2D eigenvalue weighted by molar-refractivity contribution is -0.137. The average Bonchev–Trinajstić information content (AvgIpc) is 2.79. The van der Waals surface area contributed by atoms with E-state index in [2.05, 4.69) is 17.9 Å². The molecule has 33 heavy (non-hydrogen) atoms. The highest BCUT2D eigenvalue weighted by molar-refractivity contribution is 5.91. The molecule has 3 aromatic carbocycles. The van der Waals surface area contributed by atoms with E-state index >= 15 is 0 Å². The van der Waals surface area contributed by atoms with Crippen LogP contribution in [0.5, 0.6) is 0 Å². The molecule has 0 N–H and O–H groups in total. The molecule has 4 rings (SSSR count). The number of fused-ring (bicyclic) bond motifs is 1. The molecule has 1 atom stereocenters. The second-order valence-electron chi connectivity index (χ2n) is 8.44. The normalized spacial score (nSPS) is 16.3. The van der Waals surface area contributed by atoms with Crippen LogP contribution in [0.4, 0.5) is 13.2 Å². The predicted molar refractivity (Wildman–Crippen MR) is 122 cm³/mol. The van der Waals surface area contributed by atoms with Crippen molar-refractivity contribution >= 4 is 5.97 Å². The number of rotatable bonds is 5. The van der Waals surface area contributed by atoms with Crippen LogP contribution < -0.4 is 0 Å². The Morgan fingerprint density at radius 1 is 1.06 bits per heavy atom. The van der Waals surface area contributed by atoms with E-state index in [1.54, 1.807) is 19.1 Å². The van der Waals surface area contributed by atoms with Crippen molar-refractivity contribution in [2.24, 2.45) is 0 Å². The minimum Gasteiger partial charge on any atom is -0.462 e. The van der Waals surface area contributed by atoms with Crippen LogP contribution >= 0.6 is 0 Å². The van der Waals surface area contributed by atoms with Crippen LogP contribution in [0.15, 0.2) is 66.7 Å². The van der Waals surface area contributed by atoms with Gasteiger partial charge in [-0.3, -0.25) is 4.90 Å². The lowest BCUT2D eigenvalue weighted by Crippen LogP contribution is -2.32. The largest absolute Gasteiger partial charge is 0.462 e. The fraction of sp³-hybridized carbons (Fsp3) is 0.296. The molecule has 1 heterocycles. The molecule has 3 nitrogen and oxygen atoms in total. The molecule has 1 aliphatic rings. The van der Waals surface area contributed by atoms with Gasteiger partial charge in [0.25, 0.3) is 0 Å². The molecule has 0 fully saturated rings. The van der Waals surface area contributed by atoms with Gasteiger partial charge in [-0.05, 0) is 58.9 Å². The Hall–Kier alpha value is -3.12. The Labute approximate surface area is 191 Å². The summed E-state index contributed by atoms with van der Waals surface area (Å²) in [5.74, 6) is -0.128. The standard InChI is InChI=1S/C27H26F3NO2/c1-3-33-26(32)21-9-5-8-20(14-21)24-12-6-11-23-18(2)15-31(17-25(23)24)16-19-7-4-10-22(13-19)27(28,29)30/h4-14,18H,3,15-17H2,1-2H3. The van der Waals surface area contributed by atoms with Gasteiger partial charge in [-0.15, -0.1) is 0 Å². The predicted octanol–water partition coefficient (Wildman–Crippen LogP) is 6.67. The molecular formula is C27H26F3NO2. The minimum atomic E-state index is -4.35. The van der Waals surface area contributed by atoms with Crippen molar-refractivity contribution in [1.29, 1.82) is 0 Å². The van der Waals surface area contributed by atoms with Crippen LogP contribution in [0, 0.1) is 0 Å². The molecule has 1 unspecified atom stereocenters. The van der Waals surface area contributed by atoms with Crippen LogP contribution in [0.1, 0.15) is 52.4 Å². The van der Waals surface area contributed by atoms with E-state index in [1.165, 1.54) is 17.7 Å². The summed E-state index contributed by atoms with van der Waals surface area (Å²) in [6, 6.07) is 19.1. The number of hydrogen-bond donors (Lipinski definition) is 0. The summed E-state index contributed by atoms with van der Waals surface area (Å²) >= 11 is 0. The molecule has 0 spiro atoms. The van der Waals surface area contributed by atoms with E-state index in [9.17, 15) is 18.0 Å². The van der Waals surface area contributed by atoms with Crippen LogP contribution in [-0.2, 0) is 24.0 Å². The van der Waals surface area contributed by atoms with E-state index in [0.717, 1.165) is 29.3 Å². The lowest BCUT2D eigenvalue weighted by Gasteiger charge is -2.34. The van der Waals surface area contributed by atoms with Crippen LogP contribution in [-0.4, -0.2) is 24.0 Å². The summed E-state index contributed by atoms with van der Waals surface area (Å²) in [6.07, 6.45) is -4.35. The highest BCUT2D eigenvalue weighted by Gasteiger charge is 2.31. The Bertz CT molecular complexity index is 1160. The van der Waals surface area contributed by atoms with Gasteiger partial charge in [-0.25, -0.2) is 4.79 Å². The van der Waals surface area contributed by atoms with Gasteiger partial charge in [0.1, 0.15) is 0 Å². The molecule has 0 radical (unpaired) electrons. The Balaban J connectivity index is 1.64. The van der Waals surface area contributed by atoms with E-state index in [4.69, 9.17) is 4.74 Å². The van der Waals surface area contributed by atoms with Gasteiger partial charge >= 0.3 is 12.1 Å². The number of alkyl halides is 3. The molecule has 0 saturated carbocycles. The van der Waals surface area contributed by atoms with Gasteiger partial charge in [-0.2, -0.15) is 13.2 Å². The minimum absolute atomic E-state index is 0.229. The monoisotopic (exact) mass is 453 g/mol. The van der Waals surface area contributed by atoms with Crippen molar-refractivity contribution in [1.82, 2.24) is 4.90 Å². The average molecular weight is 454 g/mol. The summed E-state index contributed by atoms with van der Waals surface area (Å²) < 4.78 is 44.6. The number of carbonyl (C=O) groups excluding carboxylic acids is 1. The van der Waals surface area contributed by atoms with Gasteiger partial charge in [0.15, 0.2) is 0 Å². The third kappa shape index (κ3) is 5.11. The highest BCUT2D eigenvalue weighted by atomic mass is 19.4. The summed E-state index contributed by atoms with van der Waals surface area (Å²) in [5, 5.41) is 0. The van der Waals surface area contributed by atoms with Gasteiger partial charge < -0.3 is 4.74 Å². The second kappa shape index (κ2) is 9.40. The van der Waals surface area contributed by atoms with Gasteiger partial charge in [0.05, 0.1) is 17.7 Å². The zero-order valence-corrected chi connectivity index (χ0v) is 18.7. The number of benzene rings is 3. The van der Waals surface area contributed by atoms with Crippen LogP contribution in [0.25, 0.3) is 11.1 Å². The van der Waals surface area contributed by atoms with Crippen molar-refractivity contribution in [3.8, 4) is 11.1 Å². The molecule has 1 aliphatic heterocycles. The van der Waals surface area contributed by atoms with Crippen molar-refractivity contribution in [2.45, 2.75) is 39.0 Å². The first kappa shape index (κ1) is 23.1. The molecule has 0 bridgehead atoms. The molecule has 0 aromatic heterocycles. The van der Waals surface area contributed by atoms with Gasteiger partial charge in [-0.1, -0.05) is 55.5 Å². The highest BCUT2D eigenvalue weighted by Crippen LogP contribution is 2.36. The SMILES string of the molecule is CCOC(=O)c1cccc(-c2cccc3c2CN(Cc2cccc(C(F)(F)F)c2)CC3C)c1. The molecule has 0 amide bonds. The molecule has 0 saturated heterocycles. The number of carbonyl (C=O) groups is 1. The summed E-state index contributed by atoms with van der Waals surface area (Å²) in [7, 11) is 0. The van der Waals surface area contributed by atoms with Crippen molar-refractivity contribution in [3.63, 3.8) is 0 Å². The molecular weight excluding hydrogens is 427 g/mol. The topological polar surface area (TPSA) is 29.5 Å². The van der Waals surface area contributed by atoms with Crippen molar-refractivity contribution < 1.29 is 22.7 Å². The maximum atomic E-state index is 13.1. The first-order valence-electron chi connectivity index (χ1n) is 11.0. The van der Waals surface area contributed by atoms with E-state index < -0.39 is 11.7 Å². The van der Waals surface area contributed by atoms with Gasteiger partial charge in [0, 0.05) is 19.6 Å². The van der Waals surface area contributed by atoms with Crippen LogP contribution in [0.2, 0.25) is 0 Å². The Kier molecular flexibility index (Phi) is 6.56. The van der Waals surface area contributed by atoms with Gasteiger partial charge in [0.2, 0.25) is 0 Å². The smallest absolute Gasteiger partial charge is 0.416 e. The number of halogens is 3. The summed E-state index contributed by atoms with van der Waals surface area (Å²) in [6.45, 7) is 6.04. The number of esters is 1. The molecule has 6 heteroatoms. The quantitative estimate of drug-likeness (QED) is 0.404. The fourth-order valence-corrected chi connectivity index (χ4v) is 4.54. The summed E-state index contributed by atoms with van der Waals surface area (Å²) in [5.41, 5.74) is 4.84. The number of hydrogen-bond acceptors (Lipinski definition) is 3. The van der Waals surface area contributed by atoms with E-state index in [-0.39, 0.29) is 11.9 Å². The Morgan fingerprint density at radius 3 is 2.58 bits per heavy atom. The third-order valence-electron chi connectivity index (χ3n) is 6.00. The van der Waals surface area contributed by atoms with Crippen molar-refractivity contribution in [3.05, 3.63) is 94.5 Å². The zero-order chi connectivity index (χ0) is 23.6. The first-order valence-corrected chi connectivity index (χ1v) is 11.0. The van der Waals surface area contributed by atoms with Crippen LogP contribution in [0.3, 0.4) is 0 Å². The second-order valence-corrected chi connectivity index (χ2v) is 8.44. The number of nitrogens with zero attached hydrogens (tertiary/aromatic N) is 1. The maximum absolute atomic E-state index is 13.1. The third-order valence-corrected chi connectivity index (χ3v) is 6.00. The number of ether oxygens (including phenoxy) is 1. The molecule has 172 valence electrons. The lowest BCUT2D eigenvalue weighted by atomic mass is 9.85. The summed E-state index contributed by atoms with van der Waals surface area (Å²) in [4.78, 5) is 14.4. The van der Waals surface area contributed by atoms with Crippen molar-refractivity contribution in [2.75, 3.05) is 13.2 Å². The fourth-order valence-electron chi connectivity index (χ4n) is 4.54. The zero-order valence-electron chi connectivity index (χ0n) is 18.7. The van der Waals surface area contributed by atoms with E-state index in [1.807, 2.05) is 30.3 Å². The molecule has 3 aromatic rings. The first-order chi connectivity index (χ1) is 15.8. The maximum Gasteiger partial charge on any atom is 0.416 e. The van der Waals surface area contributed by atoms with E-state index in [0.29, 0.717) is 30.8 Å².